The molecule has 0 bridgehead atoms. The van der Waals surface area contributed by atoms with Crippen molar-refractivity contribution in [2.75, 3.05) is 10.5 Å². The van der Waals surface area contributed by atoms with Crippen LogP contribution >= 0.6 is 11.6 Å². The molecule has 2 rings (SSSR count). The first-order valence-electron chi connectivity index (χ1n) is 4.55. The van der Waals surface area contributed by atoms with Crippen molar-refractivity contribution in [2.45, 2.75) is 5.03 Å². The molecule has 1 heterocycles. The lowest BCUT2D eigenvalue weighted by molar-refractivity contribution is 0.598. The summed E-state index contributed by atoms with van der Waals surface area (Å²) >= 11 is 5.86. The van der Waals surface area contributed by atoms with Gasteiger partial charge in [-0.1, -0.05) is 11.6 Å². The second kappa shape index (κ2) is 4.27. The molecule has 0 fully saturated rings. The Balaban J connectivity index is 2.36. The molecule has 90 valence electrons. The highest BCUT2D eigenvalue weighted by Gasteiger charge is 2.16. The quantitative estimate of drug-likeness (QED) is 0.736. The summed E-state index contributed by atoms with van der Waals surface area (Å²) in [4.78, 5) is 6.13. The molecule has 0 aliphatic heterocycles. The molecule has 0 spiro atoms. The van der Waals surface area contributed by atoms with E-state index in [0.29, 0.717) is 5.69 Å². The van der Waals surface area contributed by atoms with E-state index in [2.05, 4.69) is 14.7 Å². The zero-order chi connectivity index (χ0) is 12.5. The molecule has 0 radical (unpaired) electrons. The van der Waals surface area contributed by atoms with Crippen LogP contribution in [0.1, 0.15) is 0 Å². The molecule has 0 amide bonds. The van der Waals surface area contributed by atoms with Gasteiger partial charge < -0.3 is 10.7 Å². The minimum absolute atomic E-state index is 0.0454. The maximum absolute atomic E-state index is 11.8. The fourth-order valence-electron chi connectivity index (χ4n) is 1.21. The number of imidazole rings is 1. The molecule has 0 aliphatic carbocycles. The number of H-pyrrole nitrogens is 1. The summed E-state index contributed by atoms with van der Waals surface area (Å²) in [7, 11) is -3.72. The van der Waals surface area contributed by atoms with Crippen LogP contribution in [-0.2, 0) is 10.0 Å². The van der Waals surface area contributed by atoms with Gasteiger partial charge in [-0.05, 0) is 18.2 Å². The number of rotatable bonds is 3. The van der Waals surface area contributed by atoms with Gasteiger partial charge in [-0.2, -0.15) is 8.42 Å². The predicted octanol–water partition coefficient (Wildman–Crippen LogP) is 1.45. The Labute approximate surface area is 103 Å². The van der Waals surface area contributed by atoms with E-state index in [-0.39, 0.29) is 15.7 Å². The Bertz CT molecular complexity index is 624. The number of aromatic amines is 1. The summed E-state index contributed by atoms with van der Waals surface area (Å²) in [5, 5.41) is 0.221. The summed E-state index contributed by atoms with van der Waals surface area (Å²) in [6.07, 6.45) is 2.47. The SMILES string of the molecule is Nc1ccc(Cl)c(NS(=O)(=O)c2cnc[nH]2)c1. The first kappa shape index (κ1) is 11.7. The van der Waals surface area contributed by atoms with Crippen LogP contribution in [0.25, 0.3) is 0 Å². The number of benzene rings is 1. The van der Waals surface area contributed by atoms with Crippen molar-refractivity contribution in [1.29, 1.82) is 0 Å². The van der Waals surface area contributed by atoms with Crippen LogP contribution in [0.3, 0.4) is 0 Å². The highest BCUT2D eigenvalue weighted by atomic mass is 35.5. The standard InChI is InChI=1S/C9H9ClN4O2S/c10-7-2-1-6(11)3-8(7)14-17(15,16)9-4-12-5-13-9/h1-5,14H,11H2,(H,12,13). The van der Waals surface area contributed by atoms with E-state index in [0.717, 1.165) is 0 Å². The van der Waals surface area contributed by atoms with Crippen LogP contribution in [0, 0.1) is 0 Å². The maximum atomic E-state index is 11.8. The van der Waals surface area contributed by atoms with Crippen molar-refractivity contribution in [2.24, 2.45) is 0 Å². The number of nitrogens with zero attached hydrogens (tertiary/aromatic N) is 1. The van der Waals surface area contributed by atoms with E-state index >= 15 is 0 Å². The topological polar surface area (TPSA) is 101 Å². The van der Waals surface area contributed by atoms with E-state index in [1.165, 1.54) is 24.7 Å². The van der Waals surface area contributed by atoms with E-state index in [9.17, 15) is 8.42 Å². The highest BCUT2D eigenvalue weighted by molar-refractivity contribution is 7.92. The zero-order valence-electron chi connectivity index (χ0n) is 8.51. The van der Waals surface area contributed by atoms with Crippen LogP contribution in [0.15, 0.2) is 35.7 Å². The zero-order valence-corrected chi connectivity index (χ0v) is 10.1. The van der Waals surface area contributed by atoms with E-state index in [1.807, 2.05) is 0 Å². The van der Waals surface area contributed by atoms with Crippen LogP contribution in [0.4, 0.5) is 11.4 Å². The molecule has 4 N–H and O–H groups in total. The average Bonchev–Trinajstić information content (AvgIpc) is 2.77. The molecule has 1 aromatic carbocycles. The highest BCUT2D eigenvalue weighted by Crippen LogP contribution is 2.26. The third-order valence-corrected chi connectivity index (χ3v) is 3.62. The van der Waals surface area contributed by atoms with Gasteiger partial charge in [0.05, 0.1) is 23.2 Å². The molecule has 0 unspecified atom stereocenters. The van der Waals surface area contributed by atoms with Gasteiger partial charge in [-0.25, -0.2) is 4.98 Å². The average molecular weight is 273 g/mol. The molecule has 2 aromatic rings. The minimum atomic E-state index is -3.72. The van der Waals surface area contributed by atoms with Crippen LogP contribution < -0.4 is 10.5 Å². The van der Waals surface area contributed by atoms with Gasteiger partial charge in [0.25, 0.3) is 10.0 Å². The van der Waals surface area contributed by atoms with Crippen LogP contribution in [-0.4, -0.2) is 18.4 Å². The van der Waals surface area contributed by atoms with Crippen molar-refractivity contribution in [1.82, 2.24) is 9.97 Å². The minimum Gasteiger partial charge on any atom is -0.399 e. The first-order chi connectivity index (χ1) is 7.99. The predicted molar refractivity (Wildman–Crippen MR) is 65.3 cm³/mol. The molecule has 0 saturated carbocycles. The number of halogens is 1. The number of nitrogens with two attached hydrogens (primary N) is 1. The van der Waals surface area contributed by atoms with Gasteiger partial charge in [0.15, 0.2) is 5.03 Å². The van der Waals surface area contributed by atoms with Gasteiger partial charge in [0.1, 0.15) is 0 Å². The number of aromatic nitrogens is 2. The van der Waals surface area contributed by atoms with E-state index < -0.39 is 10.0 Å². The van der Waals surface area contributed by atoms with Crippen molar-refractivity contribution in [3.8, 4) is 0 Å². The van der Waals surface area contributed by atoms with Crippen molar-refractivity contribution < 1.29 is 8.42 Å². The molecule has 1 aromatic heterocycles. The Morgan fingerprint density at radius 3 is 2.82 bits per heavy atom. The number of hydrogen-bond acceptors (Lipinski definition) is 4. The number of hydrogen-bond donors (Lipinski definition) is 3. The second-order valence-corrected chi connectivity index (χ2v) is 5.32. The van der Waals surface area contributed by atoms with Crippen LogP contribution in [0.2, 0.25) is 5.02 Å². The monoisotopic (exact) mass is 272 g/mol. The lowest BCUT2D eigenvalue weighted by atomic mass is 10.3. The molecule has 17 heavy (non-hydrogen) atoms. The normalized spacial score (nSPS) is 11.4. The summed E-state index contributed by atoms with van der Waals surface area (Å²) < 4.78 is 26.0. The molecule has 8 heteroatoms. The lowest BCUT2D eigenvalue weighted by Gasteiger charge is -2.08. The number of nitrogens with one attached hydrogen (secondary N) is 2. The number of sulfonamides is 1. The fourth-order valence-corrected chi connectivity index (χ4v) is 2.41. The van der Waals surface area contributed by atoms with E-state index in [1.54, 1.807) is 6.07 Å². The Hall–Kier alpha value is -1.73. The molecular formula is C9H9ClN4O2S. The fraction of sp³-hybridized carbons (Fsp3) is 0. The largest absolute Gasteiger partial charge is 0.399 e. The second-order valence-electron chi connectivity index (χ2n) is 3.26. The molecule has 0 atom stereocenters. The molecular weight excluding hydrogens is 264 g/mol. The smallest absolute Gasteiger partial charge is 0.279 e. The lowest BCUT2D eigenvalue weighted by Crippen LogP contribution is -2.13. The summed E-state index contributed by atoms with van der Waals surface area (Å²) in [5.41, 5.74) is 6.19. The maximum Gasteiger partial charge on any atom is 0.279 e. The van der Waals surface area contributed by atoms with Gasteiger partial charge in [-0.15, -0.1) is 0 Å². The van der Waals surface area contributed by atoms with E-state index in [4.69, 9.17) is 17.3 Å². The molecule has 0 aliphatic rings. The van der Waals surface area contributed by atoms with Crippen molar-refractivity contribution in [3.05, 3.63) is 35.7 Å². The van der Waals surface area contributed by atoms with Crippen molar-refractivity contribution in [3.63, 3.8) is 0 Å². The third-order valence-electron chi connectivity index (χ3n) is 2.00. The Morgan fingerprint density at radius 2 is 2.18 bits per heavy atom. The number of anilines is 2. The third kappa shape index (κ3) is 2.51. The summed E-state index contributed by atoms with van der Waals surface area (Å²) in [5.74, 6) is 0. The first-order valence-corrected chi connectivity index (χ1v) is 6.41. The number of nitrogen functional groups attached to an aromatic ring is 1. The molecule has 0 saturated heterocycles. The van der Waals surface area contributed by atoms with Crippen molar-refractivity contribution >= 4 is 33.0 Å². The van der Waals surface area contributed by atoms with Gasteiger partial charge >= 0.3 is 0 Å². The van der Waals surface area contributed by atoms with Gasteiger partial charge in [0, 0.05) is 5.69 Å². The van der Waals surface area contributed by atoms with Gasteiger partial charge in [-0.3, -0.25) is 4.72 Å². The molecule has 6 nitrogen and oxygen atoms in total. The van der Waals surface area contributed by atoms with Crippen LogP contribution in [0.5, 0.6) is 0 Å². The van der Waals surface area contributed by atoms with Gasteiger partial charge in [0.2, 0.25) is 0 Å². The Morgan fingerprint density at radius 1 is 1.41 bits per heavy atom. The summed E-state index contributed by atoms with van der Waals surface area (Å²) in [6, 6.07) is 4.54. The summed E-state index contributed by atoms with van der Waals surface area (Å²) in [6.45, 7) is 0. The Kier molecular flexibility index (Phi) is 2.95.